The van der Waals surface area contributed by atoms with Gasteiger partial charge in [0.05, 0.1) is 34.9 Å². The van der Waals surface area contributed by atoms with E-state index in [4.69, 9.17) is 21.1 Å². The zero-order valence-corrected chi connectivity index (χ0v) is 23.4. The topological polar surface area (TPSA) is 132 Å². The SMILES string of the molecule is CCOC(=O)c1c(C(F)F)nc(C(F)(F)F)c(C(=O)OCC)c1/C(=C/N(C)C)C(=O)NS(=O)(=O)c1ccccc1Cl. The van der Waals surface area contributed by atoms with E-state index >= 15 is 0 Å². The molecule has 0 bridgehead atoms. The molecule has 17 heteroatoms. The third kappa shape index (κ3) is 7.70. The van der Waals surface area contributed by atoms with Crippen LogP contribution in [0.2, 0.25) is 5.02 Å². The number of nitrogens with zero attached hydrogens (tertiary/aromatic N) is 2. The summed E-state index contributed by atoms with van der Waals surface area (Å²) in [5, 5.41) is -0.339. The van der Waals surface area contributed by atoms with E-state index in [0.717, 1.165) is 11.0 Å². The van der Waals surface area contributed by atoms with Crippen LogP contribution in [-0.2, 0) is 30.5 Å². The van der Waals surface area contributed by atoms with Crippen LogP contribution in [-0.4, -0.2) is 63.5 Å². The van der Waals surface area contributed by atoms with Crippen LogP contribution in [0.5, 0.6) is 0 Å². The third-order valence-corrected chi connectivity index (χ3v) is 6.74. The molecule has 0 unspecified atom stereocenters. The zero-order chi connectivity index (χ0) is 31.3. The highest BCUT2D eigenvalue weighted by Gasteiger charge is 2.45. The highest BCUT2D eigenvalue weighted by molar-refractivity contribution is 7.90. The summed E-state index contributed by atoms with van der Waals surface area (Å²) in [6.07, 6.45) is -8.72. The fraction of sp³-hybridized carbons (Fsp3) is 0.333. The normalized spacial score (nSPS) is 12.2. The Morgan fingerprint density at radius 2 is 1.56 bits per heavy atom. The number of hydrogen-bond acceptors (Lipinski definition) is 9. The summed E-state index contributed by atoms with van der Waals surface area (Å²) in [5.41, 5.74) is -9.40. The summed E-state index contributed by atoms with van der Waals surface area (Å²) in [4.78, 5) is 42.6. The summed E-state index contributed by atoms with van der Waals surface area (Å²) in [5.74, 6) is -5.18. The van der Waals surface area contributed by atoms with E-state index in [2.05, 4.69) is 4.98 Å². The molecule has 1 N–H and O–H groups in total. The van der Waals surface area contributed by atoms with Gasteiger partial charge < -0.3 is 14.4 Å². The largest absolute Gasteiger partial charge is 0.462 e. The lowest BCUT2D eigenvalue weighted by atomic mass is 9.91. The van der Waals surface area contributed by atoms with Crippen LogP contribution in [0.1, 0.15) is 57.9 Å². The predicted molar refractivity (Wildman–Crippen MR) is 135 cm³/mol. The molecule has 0 aliphatic heterocycles. The highest BCUT2D eigenvalue weighted by atomic mass is 35.5. The van der Waals surface area contributed by atoms with E-state index in [1.165, 1.54) is 46.1 Å². The Labute approximate surface area is 236 Å². The number of esters is 2. The third-order valence-electron chi connectivity index (χ3n) is 4.91. The number of sulfonamides is 1. The van der Waals surface area contributed by atoms with E-state index in [9.17, 15) is 44.8 Å². The van der Waals surface area contributed by atoms with Crippen molar-refractivity contribution in [3.63, 3.8) is 0 Å². The maximum Gasteiger partial charge on any atom is 0.434 e. The maximum atomic E-state index is 14.1. The number of rotatable bonds is 10. The lowest BCUT2D eigenvalue weighted by Gasteiger charge is -2.23. The van der Waals surface area contributed by atoms with Gasteiger partial charge in [0.2, 0.25) is 0 Å². The number of hydrogen-bond donors (Lipinski definition) is 1. The first-order valence-electron chi connectivity index (χ1n) is 11.5. The zero-order valence-electron chi connectivity index (χ0n) is 21.8. The second-order valence-electron chi connectivity index (χ2n) is 8.08. The van der Waals surface area contributed by atoms with Gasteiger partial charge in [-0.3, -0.25) is 4.79 Å². The summed E-state index contributed by atoms with van der Waals surface area (Å²) in [6, 6.07) is 4.80. The van der Waals surface area contributed by atoms with Crippen LogP contribution in [0, 0.1) is 0 Å². The van der Waals surface area contributed by atoms with Gasteiger partial charge in [0.1, 0.15) is 10.6 Å². The second-order valence-corrected chi connectivity index (χ2v) is 10.1. The molecule has 1 aromatic heterocycles. The standard InChI is InChI=1S/C24H23ClF5N3O7S/c1-5-39-22(35)16-15(17(23(36)40-6-2)19(24(28,29)30)31-18(16)20(26)27)12(11-33(3)4)21(34)32-41(37,38)14-10-8-7-9-13(14)25/h7-11,20H,5-6H2,1-4H3,(H,32,34)/b12-11-. The van der Waals surface area contributed by atoms with Gasteiger partial charge in [-0.1, -0.05) is 23.7 Å². The van der Waals surface area contributed by atoms with Crippen molar-refractivity contribution < 1.29 is 54.2 Å². The number of nitrogens with one attached hydrogen (secondary N) is 1. The maximum absolute atomic E-state index is 14.1. The van der Waals surface area contributed by atoms with Crippen molar-refractivity contribution in [1.29, 1.82) is 0 Å². The number of carbonyl (C=O) groups excluding carboxylic acids is 3. The fourth-order valence-electron chi connectivity index (χ4n) is 3.44. The number of ether oxygens (including phenoxy) is 2. The van der Waals surface area contributed by atoms with Crippen molar-refractivity contribution in [2.75, 3.05) is 27.3 Å². The Morgan fingerprint density at radius 3 is 2.02 bits per heavy atom. The van der Waals surface area contributed by atoms with Crippen molar-refractivity contribution in [2.24, 2.45) is 0 Å². The van der Waals surface area contributed by atoms with Crippen molar-refractivity contribution in [3.05, 3.63) is 63.6 Å². The lowest BCUT2D eigenvalue weighted by molar-refractivity contribution is -0.142. The number of pyridine rings is 1. The second kappa shape index (κ2) is 13.2. The first kappa shape index (κ1) is 33.4. The Hall–Kier alpha value is -3.79. The van der Waals surface area contributed by atoms with Crippen LogP contribution in [0.15, 0.2) is 35.4 Å². The monoisotopic (exact) mass is 627 g/mol. The molecule has 0 saturated carbocycles. The van der Waals surface area contributed by atoms with Crippen molar-refractivity contribution in [2.45, 2.75) is 31.3 Å². The molecule has 2 aromatic rings. The molecule has 0 atom stereocenters. The van der Waals surface area contributed by atoms with Crippen LogP contribution in [0.25, 0.3) is 5.57 Å². The predicted octanol–water partition coefficient (Wildman–Crippen LogP) is 4.45. The molecule has 1 amide bonds. The molecular formula is C24H23ClF5N3O7S. The Morgan fingerprint density at radius 1 is 1.02 bits per heavy atom. The van der Waals surface area contributed by atoms with Gasteiger partial charge in [-0.25, -0.2) is 36.5 Å². The molecule has 0 aliphatic carbocycles. The quantitative estimate of drug-likeness (QED) is 0.230. The number of aromatic nitrogens is 1. The first-order valence-corrected chi connectivity index (χ1v) is 13.3. The molecular weight excluding hydrogens is 605 g/mol. The van der Waals surface area contributed by atoms with Gasteiger partial charge in [0.15, 0.2) is 5.69 Å². The molecule has 2 rings (SSSR count). The number of amides is 1. The summed E-state index contributed by atoms with van der Waals surface area (Å²) < 4.78 is 108. The van der Waals surface area contributed by atoms with Gasteiger partial charge in [-0.2, -0.15) is 13.2 Å². The minimum atomic E-state index is -5.59. The van der Waals surface area contributed by atoms with Crippen LogP contribution in [0.3, 0.4) is 0 Å². The number of alkyl halides is 5. The van der Waals surface area contributed by atoms with Crippen molar-refractivity contribution in [1.82, 2.24) is 14.6 Å². The van der Waals surface area contributed by atoms with Crippen molar-refractivity contribution in [3.8, 4) is 0 Å². The molecule has 0 radical (unpaired) electrons. The van der Waals surface area contributed by atoms with E-state index in [-0.39, 0.29) is 5.02 Å². The van der Waals surface area contributed by atoms with E-state index in [1.807, 2.05) is 0 Å². The van der Waals surface area contributed by atoms with Gasteiger partial charge in [-0.15, -0.1) is 0 Å². The van der Waals surface area contributed by atoms with Crippen LogP contribution < -0.4 is 4.72 Å². The number of benzene rings is 1. The summed E-state index contributed by atoms with van der Waals surface area (Å²) >= 11 is 5.91. The summed E-state index contributed by atoms with van der Waals surface area (Å²) in [6.45, 7) is 1.50. The molecule has 41 heavy (non-hydrogen) atoms. The first-order chi connectivity index (χ1) is 19.0. The number of carbonyl (C=O) groups is 3. The molecule has 1 aromatic carbocycles. The lowest BCUT2D eigenvalue weighted by Crippen LogP contribution is -2.34. The Kier molecular flexibility index (Phi) is 10.8. The van der Waals surface area contributed by atoms with Crippen molar-refractivity contribution >= 4 is 45.0 Å². The molecule has 0 spiro atoms. The smallest absolute Gasteiger partial charge is 0.434 e. The van der Waals surface area contributed by atoms with E-state index < -0.39 is 92.2 Å². The number of halogens is 6. The van der Waals surface area contributed by atoms with E-state index in [0.29, 0.717) is 6.20 Å². The van der Waals surface area contributed by atoms with Crippen LogP contribution >= 0.6 is 11.6 Å². The Balaban J connectivity index is 3.11. The molecule has 0 saturated heterocycles. The van der Waals surface area contributed by atoms with Gasteiger partial charge in [0, 0.05) is 25.9 Å². The average molecular weight is 628 g/mol. The van der Waals surface area contributed by atoms with Crippen LogP contribution in [0.4, 0.5) is 22.0 Å². The fourth-order valence-corrected chi connectivity index (χ4v) is 4.92. The van der Waals surface area contributed by atoms with Gasteiger partial charge in [-0.05, 0) is 26.0 Å². The molecule has 0 fully saturated rings. The molecule has 224 valence electrons. The average Bonchev–Trinajstić information content (AvgIpc) is 2.85. The van der Waals surface area contributed by atoms with E-state index in [1.54, 1.807) is 4.72 Å². The van der Waals surface area contributed by atoms with Gasteiger partial charge in [0.25, 0.3) is 22.4 Å². The Bertz CT molecular complexity index is 1480. The minimum absolute atomic E-state index is 0.339. The molecule has 1 heterocycles. The highest BCUT2D eigenvalue weighted by Crippen LogP contribution is 2.40. The molecule has 0 aliphatic rings. The molecule has 10 nitrogen and oxygen atoms in total. The summed E-state index contributed by atoms with van der Waals surface area (Å²) in [7, 11) is -2.36. The minimum Gasteiger partial charge on any atom is -0.462 e. The van der Waals surface area contributed by atoms with Gasteiger partial charge >= 0.3 is 18.1 Å².